The topological polar surface area (TPSA) is 144 Å². The minimum absolute atomic E-state index is 0.0123. The van der Waals surface area contributed by atoms with E-state index in [0.29, 0.717) is 11.3 Å². The molecule has 2 unspecified atom stereocenters. The Kier molecular flexibility index (Phi) is 6.16. The standard InChI is InChI=1S/C25H22N4O6/c1-13-23(30)28-20-16(10-7-11-17(20)35-13)29-21(25(32)34-3)19(24(31)33-2)18(15(12-26)22(29)27)14-8-5-4-6-9-14/h4-11,13,18H,27H2,1-3H3,(H,28,30). The number of fused-ring (bicyclic) bond motifs is 1. The Morgan fingerprint density at radius 1 is 1.09 bits per heavy atom. The van der Waals surface area contributed by atoms with Crippen LogP contribution in [0.25, 0.3) is 0 Å². The summed E-state index contributed by atoms with van der Waals surface area (Å²) in [6.07, 6.45) is -0.745. The van der Waals surface area contributed by atoms with E-state index < -0.39 is 29.9 Å². The molecule has 2 aromatic carbocycles. The number of nitriles is 1. The Labute approximate surface area is 201 Å². The molecule has 10 nitrogen and oxygen atoms in total. The summed E-state index contributed by atoms with van der Waals surface area (Å²) in [5, 5.41) is 12.9. The molecule has 3 N–H and O–H groups in total. The first-order valence-corrected chi connectivity index (χ1v) is 10.6. The second kappa shape index (κ2) is 9.23. The smallest absolute Gasteiger partial charge is 0.355 e. The van der Waals surface area contributed by atoms with Crippen molar-refractivity contribution < 1.29 is 28.6 Å². The molecule has 0 spiro atoms. The minimum atomic E-state index is -0.996. The number of nitrogens with zero attached hydrogens (tertiary/aromatic N) is 2. The summed E-state index contributed by atoms with van der Waals surface area (Å²) in [7, 11) is 2.33. The molecular weight excluding hydrogens is 452 g/mol. The summed E-state index contributed by atoms with van der Waals surface area (Å²) < 4.78 is 15.7. The van der Waals surface area contributed by atoms with Crippen LogP contribution in [0.15, 0.2) is 71.2 Å². The second-order valence-corrected chi connectivity index (χ2v) is 7.73. The zero-order valence-corrected chi connectivity index (χ0v) is 19.2. The average molecular weight is 474 g/mol. The average Bonchev–Trinajstić information content (AvgIpc) is 2.88. The van der Waals surface area contributed by atoms with Gasteiger partial charge in [0, 0.05) is 0 Å². The number of nitrogens with two attached hydrogens (primary N) is 1. The highest BCUT2D eigenvalue weighted by atomic mass is 16.5. The zero-order valence-electron chi connectivity index (χ0n) is 19.2. The number of para-hydroxylation sites is 1. The number of ether oxygens (including phenoxy) is 3. The van der Waals surface area contributed by atoms with Crippen molar-refractivity contribution in [1.29, 1.82) is 5.26 Å². The molecule has 2 aromatic rings. The van der Waals surface area contributed by atoms with Crippen LogP contribution in [0, 0.1) is 11.3 Å². The van der Waals surface area contributed by atoms with Gasteiger partial charge in [0.15, 0.2) is 6.10 Å². The SMILES string of the molecule is COC(=O)C1=C(C(=O)OC)N(c2cccc3c2NC(=O)C(C)O3)C(N)=C(C#N)C1c1ccccc1. The number of carbonyl (C=O) groups excluding carboxylic acids is 3. The Bertz CT molecular complexity index is 1330. The molecule has 0 aromatic heterocycles. The number of nitrogens with one attached hydrogen (secondary N) is 1. The van der Waals surface area contributed by atoms with E-state index in [0.717, 1.165) is 7.11 Å². The molecular formula is C25H22N4O6. The number of anilines is 2. The first-order valence-electron chi connectivity index (χ1n) is 10.6. The summed E-state index contributed by atoms with van der Waals surface area (Å²) in [4.78, 5) is 39.9. The molecule has 0 aliphatic carbocycles. The highest BCUT2D eigenvalue weighted by Crippen LogP contribution is 2.47. The van der Waals surface area contributed by atoms with Crippen LogP contribution < -0.4 is 20.7 Å². The molecule has 35 heavy (non-hydrogen) atoms. The number of esters is 2. The lowest BCUT2D eigenvalue weighted by Gasteiger charge is -2.37. The molecule has 0 bridgehead atoms. The molecule has 1 amide bonds. The van der Waals surface area contributed by atoms with E-state index in [4.69, 9.17) is 19.9 Å². The normalized spacial score (nSPS) is 19.3. The lowest BCUT2D eigenvalue weighted by molar-refractivity contribution is -0.139. The highest BCUT2D eigenvalue weighted by Gasteiger charge is 2.44. The van der Waals surface area contributed by atoms with Gasteiger partial charge in [-0.3, -0.25) is 9.69 Å². The van der Waals surface area contributed by atoms with Crippen molar-refractivity contribution in [2.24, 2.45) is 5.73 Å². The predicted molar refractivity (Wildman–Crippen MR) is 125 cm³/mol. The van der Waals surface area contributed by atoms with Crippen molar-refractivity contribution >= 4 is 29.2 Å². The van der Waals surface area contributed by atoms with Gasteiger partial charge in [-0.1, -0.05) is 36.4 Å². The van der Waals surface area contributed by atoms with E-state index in [1.54, 1.807) is 55.5 Å². The quantitative estimate of drug-likeness (QED) is 0.638. The van der Waals surface area contributed by atoms with E-state index in [9.17, 15) is 19.6 Å². The van der Waals surface area contributed by atoms with E-state index in [1.165, 1.54) is 12.0 Å². The molecule has 10 heteroatoms. The van der Waals surface area contributed by atoms with Gasteiger partial charge >= 0.3 is 11.9 Å². The highest BCUT2D eigenvalue weighted by molar-refractivity contribution is 6.09. The number of hydrogen-bond acceptors (Lipinski definition) is 9. The second-order valence-electron chi connectivity index (χ2n) is 7.73. The van der Waals surface area contributed by atoms with Crippen LogP contribution in [0.1, 0.15) is 18.4 Å². The van der Waals surface area contributed by atoms with Crippen LogP contribution in [0.4, 0.5) is 11.4 Å². The van der Waals surface area contributed by atoms with Gasteiger partial charge in [0.1, 0.15) is 23.0 Å². The van der Waals surface area contributed by atoms with Gasteiger partial charge in [-0.15, -0.1) is 0 Å². The number of methoxy groups -OCH3 is 2. The number of carbonyl (C=O) groups is 3. The predicted octanol–water partition coefficient (Wildman–Crippen LogP) is 2.30. The fraction of sp³-hybridized carbons (Fsp3) is 0.200. The van der Waals surface area contributed by atoms with Crippen molar-refractivity contribution in [3.8, 4) is 11.8 Å². The fourth-order valence-electron chi connectivity index (χ4n) is 4.16. The van der Waals surface area contributed by atoms with Crippen LogP contribution >= 0.6 is 0 Å². The Morgan fingerprint density at radius 3 is 2.40 bits per heavy atom. The molecule has 0 saturated heterocycles. The largest absolute Gasteiger partial charge is 0.479 e. The Balaban J connectivity index is 2.07. The number of allylic oxidation sites excluding steroid dienone is 1. The van der Waals surface area contributed by atoms with E-state index in [1.807, 2.05) is 0 Å². The van der Waals surface area contributed by atoms with Crippen molar-refractivity contribution in [1.82, 2.24) is 0 Å². The summed E-state index contributed by atoms with van der Waals surface area (Å²) in [5.74, 6) is -2.93. The van der Waals surface area contributed by atoms with Gasteiger partial charge < -0.3 is 25.3 Å². The summed E-state index contributed by atoms with van der Waals surface area (Å²) in [5.41, 5.74) is 7.13. The first kappa shape index (κ1) is 23.4. The Morgan fingerprint density at radius 2 is 1.77 bits per heavy atom. The summed E-state index contributed by atoms with van der Waals surface area (Å²) in [6, 6.07) is 15.6. The van der Waals surface area contributed by atoms with Crippen LogP contribution in [-0.4, -0.2) is 38.2 Å². The molecule has 4 rings (SSSR count). The molecule has 0 radical (unpaired) electrons. The van der Waals surface area contributed by atoms with Crippen LogP contribution in [-0.2, 0) is 23.9 Å². The molecule has 2 aliphatic heterocycles. The maximum absolute atomic E-state index is 13.2. The molecule has 2 aliphatic rings. The number of rotatable bonds is 4. The number of amides is 1. The lowest BCUT2D eigenvalue weighted by atomic mass is 9.81. The van der Waals surface area contributed by atoms with E-state index in [2.05, 4.69) is 11.4 Å². The number of benzene rings is 2. The third-order valence-electron chi connectivity index (χ3n) is 5.78. The van der Waals surface area contributed by atoms with Crippen LogP contribution in [0.5, 0.6) is 5.75 Å². The maximum Gasteiger partial charge on any atom is 0.355 e. The zero-order chi connectivity index (χ0) is 25.3. The summed E-state index contributed by atoms with van der Waals surface area (Å²) >= 11 is 0. The fourth-order valence-corrected chi connectivity index (χ4v) is 4.16. The van der Waals surface area contributed by atoms with E-state index in [-0.39, 0.29) is 34.0 Å². The monoisotopic (exact) mass is 474 g/mol. The molecule has 178 valence electrons. The third-order valence-corrected chi connectivity index (χ3v) is 5.78. The first-order chi connectivity index (χ1) is 16.8. The molecule has 2 atom stereocenters. The van der Waals surface area contributed by atoms with Crippen molar-refractivity contribution in [2.75, 3.05) is 24.4 Å². The maximum atomic E-state index is 13.2. The van der Waals surface area contributed by atoms with Crippen molar-refractivity contribution in [3.63, 3.8) is 0 Å². The van der Waals surface area contributed by atoms with Crippen LogP contribution in [0.3, 0.4) is 0 Å². The van der Waals surface area contributed by atoms with Crippen molar-refractivity contribution in [2.45, 2.75) is 18.9 Å². The van der Waals surface area contributed by atoms with Gasteiger partial charge in [-0.2, -0.15) is 5.26 Å². The van der Waals surface area contributed by atoms with Gasteiger partial charge in [0.25, 0.3) is 5.91 Å². The minimum Gasteiger partial charge on any atom is -0.479 e. The van der Waals surface area contributed by atoms with Crippen molar-refractivity contribution in [3.05, 3.63) is 76.8 Å². The van der Waals surface area contributed by atoms with Crippen LogP contribution in [0.2, 0.25) is 0 Å². The van der Waals surface area contributed by atoms with E-state index >= 15 is 0 Å². The number of hydrogen-bond donors (Lipinski definition) is 2. The molecule has 0 fully saturated rings. The van der Waals surface area contributed by atoms with Gasteiger partial charge in [0.05, 0.1) is 43.0 Å². The van der Waals surface area contributed by atoms with Gasteiger partial charge in [-0.05, 0) is 24.6 Å². The van der Waals surface area contributed by atoms with Gasteiger partial charge in [-0.25, -0.2) is 9.59 Å². The summed E-state index contributed by atoms with van der Waals surface area (Å²) in [6.45, 7) is 1.59. The Hall–Kier alpha value is -4.78. The van der Waals surface area contributed by atoms with Gasteiger partial charge in [0.2, 0.25) is 0 Å². The third kappa shape index (κ3) is 3.83. The molecule has 2 heterocycles. The lowest BCUT2D eigenvalue weighted by Crippen LogP contribution is -2.42. The molecule has 0 saturated carbocycles.